The van der Waals surface area contributed by atoms with Gasteiger partial charge in [0.25, 0.3) is 5.69 Å². The van der Waals surface area contributed by atoms with Crippen LogP contribution in [-0.4, -0.2) is 26.9 Å². The van der Waals surface area contributed by atoms with Crippen LogP contribution in [0.4, 0.5) is 11.4 Å². The lowest BCUT2D eigenvalue weighted by atomic mass is 10.3. The van der Waals surface area contributed by atoms with E-state index in [1.807, 2.05) is 6.92 Å². The zero-order chi connectivity index (χ0) is 14.5. The van der Waals surface area contributed by atoms with Gasteiger partial charge in [0.2, 0.25) is 10.0 Å². The normalized spacial score (nSPS) is 11.3. The first kappa shape index (κ1) is 15.4. The van der Waals surface area contributed by atoms with E-state index in [1.165, 1.54) is 25.2 Å². The van der Waals surface area contributed by atoms with Crippen molar-refractivity contribution in [1.82, 2.24) is 4.72 Å². The zero-order valence-corrected chi connectivity index (χ0v) is 11.7. The molecule has 1 rings (SSSR count). The summed E-state index contributed by atoms with van der Waals surface area (Å²) in [4.78, 5) is 10.1. The molecule has 0 aliphatic heterocycles. The highest BCUT2D eigenvalue weighted by Gasteiger charge is 2.20. The molecule has 0 atom stereocenters. The van der Waals surface area contributed by atoms with E-state index in [9.17, 15) is 18.5 Å². The summed E-state index contributed by atoms with van der Waals surface area (Å²) in [5.74, 6) is 0. The average Bonchev–Trinajstić information content (AvgIpc) is 2.38. The Kier molecular flexibility index (Phi) is 5.25. The number of nitro groups is 1. The van der Waals surface area contributed by atoms with E-state index in [0.717, 1.165) is 12.8 Å². The summed E-state index contributed by atoms with van der Waals surface area (Å²) in [5, 5.41) is 13.3. The van der Waals surface area contributed by atoms with Crippen LogP contribution in [0, 0.1) is 10.1 Å². The van der Waals surface area contributed by atoms with Gasteiger partial charge in [-0.2, -0.15) is 0 Å². The summed E-state index contributed by atoms with van der Waals surface area (Å²) in [6.07, 6.45) is 1.61. The van der Waals surface area contributed by atoms with Gasteiger partial charge in [-0.25, -0.2) is 13.1 Å². The lowest BCUT2D eigenvalue weighted by molar-refractivity contribution is -0.384. The highest BCUT2D eigenvalue weighted by molar-refractivity contribution is 7.89. The van der Waals surface area contributed by atoms with Crippen molar-refractivity contribution in [2.75, 3.05) is 18.9 Å². The van der Waals surface area contributed by atoms with Crippen LogP contribution >= 0.6 is 0 Å². The molecular formula is C11H17N3O4S. The van der Waals surface area contributed by atoms with Crippen molar-refractivity contribution in [3.05, 3.63) is 28.3 Å². The van der Waals surface area contributed by atoms with Gasteiger partial charge in [0.15, 0.2) is 0 Å². The molecule has 0 aromatic heterocycles. The lowest BCUT2D eigenvalue weighted by Gasteiger charge is -2.10. The van der Waals surface area contributed by atoms with Crippen molar-refractivity contribution >= 4 is 21.4 Å². The predicted octanol–water partition coefficient (Wildman–Crippen LogP) is 1.71. The molecule has 0 radical (unpaired) electrons. The maximum Gasteiger partial charge on any atom is 0.271 e. The molecule has 8 heteroatoms. The Morgan fingerprint density at radius 2 is 2.05 bits per heavy atom. The van der Waals surface area contributed by atoms with Crippen molar-refractivity contribution < 1.29 is 13.3 Å². The largest absolute Gasteiger partial charge is 0.387 e. The number of unbranched alkanes of at least 4 members (excludes halogenated alkanes) is 1. The van der Waals surface area contributed by atoms with Gasteiger partial charge in [-0.05, 0) is 12.5 Å². The van der Waals surface area contributed by atoms with E-state index in [0.29, 0.717) is 6.54 Å². The number of hydrogen-bond donors (Lipinski definition) is 2. The average molecular weight is 287 g/mol. The van der Waals surface area contributed by atoms with Gasteiger partial charge in [-0.3, -0.25) is 10.1 Å². The van der Waals surface area contributed by atoms with Gasteiger partial charge in [0, 0.05) is 25.7 Å². The van der Waals surface area contributed by atoms with Crippen LogP contribution in [0.2, 0.25) is 0 Å². The molecule has 0 amide bonds. The van der Waals surface area contributed by atoms with E-state index in [1.54, 1.807) is 0 Å². The first-order valence-corrected chi connectivity index (χ1v) is 7.36. The number of rotatable bonds is 7. The third kappa shape index (κ3) is 3.90. The minimum Gasteiger partial charge on any atom is -0.387 e. The fourth-order valence-corrected chi connectivity index (χ4v) is 2.79. The third-order valence-electron chi connectivity index (χ3n) is 2.56. The number of nitro benzene ring substituents is 1. The third-order valence-corrected chi connectivity index (χ3v) is 4.07. The molecule has 106 valence electrons. The molecule has 0 spiro atoms. The number of hydrogen-bond acceptors (Lipinski definition) is 5. The first-order chi connectivity index (χ1) is 8.92. The van der Waals surface area contributed by atoms with Crippen LogP contribution < -0.4 is 10.0 Å². The first-order valence-electron chi connectivity index (χ1n) is 5.88. The van der Waals surface area contributed by atoms with Gasteiger partial charge in [0.05, 0.1) is 10.6 Å². The second-order valence-electron chi connectivity index (χ2n) is 3.94. The molecule has 1 aromatic carbocycles. The summed E-state index contributed by atoms with van der Waals surface area (Å²) in [7, 11) is -2.13. The van der Waals surface area contributed by atoms with Gasteiger partial charge in [-0.15, -0.1) is 0 Å². The summed E-state index contributed by atoms with van der Waals surface area (Å²) < 4.78 is 26.6. The molecule has 0 saturated carbocycles. The monoisotopic (exact) mass is 287 g/mol. The van der Waals surface area contributed by atoms with Crippen molar-refractivity contribution in [3.63, 3.8) is 0 Å². The molecule has 0 fully saturated rings. The molecule has 0 heterocycles. The van der Waals surface area contributed by atoms with Crippen LogP contribution in [-0.2, 0) is 10.0 Å². The molecule has 2 N–H and O–H groups in total. The number of benzene rings is 1. The zero-order valence-electron chi connectivity index (χ0n) is 10.8. The SMILES string of the molecule is CCCCNS(=O)(=O)c1ccc([N+](=O)[O-])cc1NC. The van der Waals surface area contributed by atoms with E-state index >= 15 is 0 Å². The van der Waals surface area contributed by atoms with E-state index in [4.69, 9.17) is 0 Å². The quantitative estimate of drug-likeness (QED) is 0.451. The molecule has 0 unspecified atom stereocenters. The van der Waals surface area contributed by atoms with Crippen molar-refractivity contribution in [3.8, 4) is 0 Å². The number of anilines is 1. The minimum absolute atomic E-state index is 0.0108. The minimum atomic E-state index is -3.65. The summed E-state index contributed by atoms with van der Waals surface area (Å²) in [6, 6.07) is 3.61. The Hall–Kier alpha value is -1.67. The van der Waals surface area contributed by atoms with Gasteiger partial charge < -0.3 is 5.32 Å². The Balaban J connectivity index is 3.09. The standard InChI is InChI=1S/C11H17N3O4S/c1-3-4-7-13-19(17,18)11-6-5-9(14(15)16)8-10(11)12-2/h5-6,8,12-13H,3-4,7H2,1-2H3. The maximum absolute atomic E-state index is 12.0. The fourth-order valence-electron chi connectivity index (χ4n) is 1.52. The van der Waals surface area contributed by atoms with E-state index in [2.05, 4.69) is 10.0 Å². The summed E-state index contributed by atoms with van der Waals surface area (Å²) in [6.45, 7) is 2.30. The fraction of sp³-hybridized carbons (Fsp3) is 0.455. The van der Waals surface area contributed by atoms with Crippen LogP contribution in [0.3, 0.4) is 0 Å². The maximum atomic E-state index is 12.0. The Bertz CT molecular complexity index is 557. The number of nitrogens with zero attached hydrogens (tertiary/aromatic N) is 1. The summed E-state index contributed by atoms with van der Waals surface area (Å²) >= 11 is 0. The number of nitrogens with one attached hydrogen (secondary N) is 2. The lowest BCUT2D eigenvalue weighted by Crippen LogP contribution is -2.25. The molecule has 0 aliphatic carbocycles. The Labute approximate surface area is 112 Å². The Morgan fingerprint density at radius 3 is 2.58 bits per heavy atom. The van der Waals surface area contributed by atoms with E-state index in [-0.39, 0.29) is 16.3 Å². The molecular weight excluding hydrogens is 270 g/mol. The molecule has 0 bridgehead atoms. The van der Waals surface area contributed by atoms with Crippen LogP contribution in [0.1, 0.15) is 19.8 Å². The molecule has 19 heavy (non-hydrogen) atoms. The molecule has 0 aliphatic rings. The second-order valence-corrected chi connectivity index (χ2v) is 5.67. The molecule has 1 aromatic rings. The smallest absolute Gasteiger partial charge is 0.271 e. The summed E-state index contributed by atoms with van der Waals surface area (Å²) in [5.41, 5.74) is 0.0510. The highest BCUT2D eigenvalue weighted by Crippen LogP contribution is 2.25. The second kappa shape index (κ2) is 6.48. The number of non-ortho nitro benzene ring substituents is 1. The van der Waals surface area contributed by atoms with Gasteiger partial charge in [-0.1, -0.05) is 13.3 Å². The molecule has 7 nitrogen and oxygen atoms in total. The van der Waals surface area contributed by atoms with Crippen molar-refractivity contribution in [2.45, 2.75) is 24.7 Å². The van der Waals surface area contributed by atoms with Crippen LogP contribution in [0.15, 0.2) is 23.1 Å². The van der Waals surface area contributed by atoms with Crippen LogP contribution in [0.5, 0.6) is 0 Å². The topological polar surface area (TPSA) is 101 Å². The molecule has 0 saturated heterocycles. The van der Waals surface area contributed by atoms with E-state index < -0.39 is 14.9 Å². The van der Waals surface area contributed by atoms with Crippen molar-refractivity contribution in [1.29, 1.82) is 0 Å². The highest BCUT2D eigenvalue weighted by atomic mass is 32.2. The van der Waals surface area contributed by atoms with Crippen molar-refractivity contribution in [2.24, 2.45) is 0 Å². The predicted molar refractivity (Wildman–Crippen MR) is 72.7 cm³/mol. The van der Waals surface area contributed by atoms with Crippen LogP contribution in [0.25, 0.3) is 0 Å². The Morgan fingerprint density at radius 1 is 1.37 bits per heavy atom. The van der Waals surface area contributed by atoms with Gasteiger partial charge >= 0.3 is 0 Å². The number of sulfonamides is 1. The van der Waals surface area contributed by atoms with Gasteiger partial charge in [0.1, 0.15) is 4.90 Å².